The highest BCUT2D eigenvalue weighted by Gasteiger charge is 2.31. The molecule has 1 saturated heterocycles. The summed E-state index contributed by atoms with van der Waals surface area (Å²) in [6.45, 7) is 0.628. The highest BCUT2D eigenvalue weighted by Crippen LogP contribution is 2.22. The van der Waals surface area contributed by atoms with Gasteiger partial charge in [0.25, 0.3) is 0 Å². The van der Waals surface area contributed by atoms with Gasteiger partial charge >= 0.3 is 0 Å². The number of hydrogen-bond acceptors (Lipinski definition) is 5. The Morgan fingerprint density at radius 1 is 1.00 bits per heavy atom. The van der Waals surface area contributed by atoms with Crippen molar-refractivity contribution in [2.75, 3.05) is 39.5 Å². The van der Waals surface area contributed by atoms with Crippen molar-refractivity contribution in [3.63, 3.8) is 0 Å². The maximum atomic E-state index is 12.5. The normalized spacial score (nSPS) is 18.6. The summed E-state index contributed by atoms with van der Waals surface area (Å²) in [5.41, 5.74) is 0. The van der Waals surface area contributed by atoms with Gasteiger partial charge in [-0.2, -0.15) is 8.61 Å². The standard InChI is InChI=1S/C12H18N2O5S2/c1-19-11-4-3-5-12(10-11)21(17,18)14-8-6-13(7-9-14)20(2,15)16/h3-5,10H,6-9H2,1-2H3. The van der Waals surface area contributed by atoms with Gasteiger partial charge in [0.15, 0.2) is 0 Å². The van der Waals surface area contributed by atoms with Gasteiger partial charge in [-0.1, -0.05) is 6.07 Å². The Labute approximate surface area is 125 Å². The number of hydrogen-bond donors (Lipinski definition) is 0. The molecule has 1 aliphatic rings. The number of rotatable bonds is 4. The van der Waals surface area contributed by atoms with Crippen LogP contribution in [0.25, 0.3) is 0 Å². The summed E-state index contributed by atoms with van der Waals surface area (Å²) in [5.74, 6) is 0.464. The highest BCUT2D eigenvalue weighted by atomic mass is 32.2. The van der Waals surface area contributed by atoms with Crippen molar-refractivity contribution in [2.24, 2.45) is 0 Å². The molecule has 1 heterocycles. The van der Waals surface area contributed by atoms with Crippen molar-refractivity contribution in [3.8, 4) is 5.75 Å². The topological polar surface area (TPSA) is 84.0 Å². The lowest BCUT2D eigenvalue weighted by atomic mass is 10.3. The van der Waals surface area contributed by atoms with Crippen LogP contribution in [0.1, 0.15) is 0 Å². The Bertz CT molecular complexity index is 707. The van der Waals surface area contributed by atoms with Gasteiger partial charge in [-0.25, -0.2) is 16.8 Å². The molecule has 0 saturated carbocycles. The second-order valence-electron chi connectivity index (χ2n) is 4.75. The fraction of sp³-hybridized carbons (Fsp3) is 0.500. The number of nitrogens with zero attached hydrogens (tertiary/aromatic N) is 2. The predicted octanol–water partition coefficient (Wildman–Crippen LogP) is -0.0389. The zero-order valence-corrected chi connectivity index (χ0v) is 13.5. The van der Waals surface area contributed by atoms with E-state index < -0.39 is 20.0 Å². The molecule has 0 atom stereocenters. The van der Waals surface area contributed by atoms with Crippen LogP contribution in [0.4, 0.5) is 0 Å². The number of benzene rings is 1. The molecule has 21 heavy (non-hydrogen) atoms. The number of sulfonamides is 2. The van der Waals surface area contributed by atoms with Crippen LogP contribution in [0.15, 0.2) is 29.2 Å². The second-order valence-corrected chi connectivity index (χ2v) is 8.67. The molecule has 1 fully saturated rings. The van der Waals surface area contributed by atoms with Crippen LogP contribution in [0.2, 0.25) is 0 Å². The van der Waals surface area contributed by atoms with Gasteiger partial charge in [0.05, 0.1) is 18.3 Å². The van der Waals surface area contributed by atoms with Crippen molar-refractivity contribution in [1.82, 2.24) is 8.61 Å². The summed E-state index contributed by atoms with van der Waals surface area (Å²) >= 11 is 0. The van der Waals surface area contributed by atoms with Gasteiger partial charge in [-0.05, 0) is 12.1 Å². The Kier molecular flexibility index (Phi) is 4.57. The molecule has 7 nitrogen and oxygen atoms in total. The summed E-state index contributed by atoms with van der Waals surface area (Å²) in [6.07, 6.45) is 1.12. The first-order valence-electron chi connectivity index (χ1n) is 6.34. The molecular formula is C12H18N2O5S2. The van der Waals surface area contributed by atoms with Crippen LogP contribution in [-0.4, -0.2) is 65.0 Å². The molecule has 9 heteroatoms. The quantitative estimate of drug-likeness (QED) is 0.771. The van der Waals surface area contributed by atoms with Crippen molar-refractivity contribution in [3.05, 3.63) is 24.3 Å². The van der Waals surface area contributed by atoms with E-state index in [1.807, 2.05) is 0 Å². The average Bonchev–Trinajstić information content (AvgIpc) is 2.46. The van der Waals surface area contributed by atoms with Gasteiger partial charge < -0.3 is 4.74 Å². The third-order valence-corrected chi connectivity index (χ3v) is 6.54. The SMILES string of the molecule is COc1cccc(S(=O)(=O)N2CCN(S(C)(=O)=O)CC2)c1. The fourth-order valence-electron chi connectivity index (χ4n) is 2.15. The smallest absolute Gasteiger partial charge is 0.243 e. The van der Waals surface area contributed by atoms with Crippen molar-refractivity contribution in [1.29, 1.82) is 0 Å². The Morgan fingerprint density at radius 3 is 2.10 bits per heavy atom. The molecule has 2 rings (SSSR count). The van der Waals surface area contributed by atoms with Crippen molar-refractivity contribution >= 4 is 20.0 Å². The van der Waals surface area contributed by atoms with E-state index in [1.165, 1.54) is 27.9 Å². The lowest BCUT2D eigenvalue weighted by molar-refractivity contribution is 0.274. The molecular weight excluding hydrogens is 316 g/mol. The molecule has 0 aromatic heterocycles. The molecule has 0 amide bonds. The summed E-state index contributed by atoms with van der Waals surface area (Å²) in [6, 6.07) is 6.23. The zero-order valence-electron chi connectivity index (χ0n) is 11.9. The van der Waals surface area contributed by atoms with Crippen LogP contribution in [0, 0.1) is 0 Å². The van der Waals surface area contributed by atoms with E-state index in [-0.39, 0.29) is 31.1 Å². The summed E-state index contributed by atoms with van der Waals surface area (Å²) in [7, 11) is -5.44. The summed E-state index contributed by atoms with van der Waals surface area (Å²) in [5, 5.41) is 0. The molecule has 0 N–H and O–H groups in total. The van der Waals surface area contributed by atoms with E-state index in [1.54, 1.807) is 12.1 Å². The Morgan fingerprint density at radius 2 is 1.57 bits per heavy atom. The molecule has 0 spiro atoms. The maximum absolute atomic E-state index is 12.5. The molecule has 1 aromatic rings. The van der Waals surface area contributed by atoms with Gasteiger partial charge in [0.1, 0.15) is 5.75 Å². The summed E-state index contributed by atoms with van der Waals surface area (Å²) < 4.78 is 55.5. The van der Waals surface area contributed by atoms with E-state index in [9.17, 15) is 16.8 Å². The Hall–Kier alpha value is -1.16. The van der Waals surface area contributed by atoms with E-state index in [0.717, 1.165) is 6.26 Å². The van der Waals surface area contributed by atoms with Crippen molar-refractivity contribution in [2.45, 2.75) is 4.90 Å². The van der Waals surface area contributed by atoms with Gasteiger partial charge in [0.2, 0.25) is 20.0 Å². The average molecular weight is 334 g/mol. The molecule has 0 aliphatic carbocycles. The minimum atomic E-state index is -3.63. The number of piperazine rings is 1. The first kappa shape index (κ1) is 16.2. The largest absolute Gasteiger partial charge is 0.497 e. The second kappa shape index (κ2) is 5.91. The third kappa shape index (κ3) is 3.54. The van der Waals surface area contributed by atoms with E-state index in [0.29, 0.717) is 5.75 Å². The highest BCUT2D eigenvalue weighted by molar-refractivity contribution is 7.89. The van der Waals surface area contributed by atoms with E-state index >= 15 is 0 Å². The lowest BCUT2D eigenvalue weighted by Gasteiger charge is -2.32. The first-order chi connectivity index (χ1) is 9.75. The van der Waals surface area contributed by atoms with Crippen LogP contribution in [0.5, 0.6) is 5.75 Å². The number of methoxy groups -OCH3 is 1. The summed E-state index contributed by atoms with van der Waals surface area (Å²) in [4.78, 5) is 0.148. The lowest BCUT2D eigenvalue weighted by Crippen LogP contribution is -2.50. The van der Waals surface area contributed by atoms with E-state index in [4.69, 9.17) is 4.74 Å². The van der Waals surface area contributed by atoms with Crippen LogP contribution < -0.4 is 4.74 Å². The van der Waals surface area contributed by atoms with E-state index in [2.05, 4.69) is 0 Å². The minimum absolute atomic E-state index is 0.145. The minimum Gasteiger partial charge on any atom is -0.497 e. The predicted molar refractivity (Wildman–Crippen MR) is 78.2 cm³/mol. The molecule has 0 bridgehead atoms. The molecule has 1 aliphatic heterocycles. The first-order valence-corrected chi connectivity index (χ1v) is 9.63. The third-order valence-electron chi connectivity index (χ3n) is 3.35. The fourth-order valence-corrected chi connectivity index (χ4v) is 4.44. The molecule has 0 radical (unpaired) electrons. The Balaban J connectivity index is 2.18. The monoisotopic (exact) mass is 334 g/mol. The maximum Gasteiger partial charge on any atom is 0.243 e. The van der Waals surface area contributed by atoms with Gasteiger partial charge in [-0.3, -0.25) is 0 Å². The number of ether oxygens (including phenoxy) is 1. The van der Waals surface area contributed by atoms with Crippen LogP contribution in [0.3, 0.4) is 0 Å². The van der Waals surface area contributed by atoms with Crippen LogP contribution >= 0.6 is 0 Å². The van der Waals surface area contributed by atoms with Gasteiger partial charge in [-0.15, -0.1) is 0 Å². The zero-order chi connectivity index (χ0) is 15.7. The molecule has 1 aromatic carbocycles. The molecule has 118 valence electrons. The van der Waals surface area contributed by atoms with Gasteiger partial charge in [0, 0.05) is 32.2 Å². The van der Waals surface area contributed by atoms with Crippen LogP contribution in [-0.2, 0) is 20.0 Å². The molecule has 0 unspecified atom stereocenters. The van der Waals surface area contributed by atoms with Crippen molar-refractivity contribution < 1.29 is 21.6 Å².